The van der Waals surface area contributed by atoms with Crippen molar-refractivity contribution >= 4 is 5.91 Å². The highest BCUT2D eigenvalue weighted by atomic mass is 16.6. The molecule has 1 amide bonds. The molecule has 2 heterocycles. The molecule has 0 saturated heterocycles. The third kappa shape index (κ3) is 3.72. The summed E-state index contributed by atoms with van der Waals surface area (Å²) >= 11 is 0. The first-order valence-corrected chi connectivity index (χ1v) is 8.65. The maximum absolute atomic E-state index is 12.2. The van der Waals surface area contributed by atoms with Gasteiger partial charge < -0.3 is 19.4 Å². The van der Waals surface area contributed by atoms with E-state index in [2.05, 4.69) is 5.32 Å². The van der Waals surface area contributed by atoms with Crippen LogP contribution in [0.15, 0.2) is 73.1 Å². The Morgan fingerprint density at radius 2 is 1.73 bits per heavy atom. The van der Waals surface area contributed by atoms with Gasteiger partial charge in [0.2, 0.25) is 5.91 Å². The van der Waals surface area contributed by atoms with Crippen molar-refractivity contribution in [1.82, 2.24) is 9.88 Å². The molecule has 1 aliphatic heterocycles. The quantitative estimate of drug-likeness (QED) is 0.771. The van der Waals surface area contributed by atoms with Gasteiger partial charge in [0, 0.05) is 18.1 Å². The van der Waals surface area contributed by atoms with Crippen LogP contribution in [0.4, 0.5) is 0 Å². The van der Waals surface area contributed by atoms with Crippen LogP contribution in [-0.2, 0) is 11.2 Å². The predicted molar refractivity (Wildman–Crippen MR) is 98.8 cm³/mol. The summed E-state index contributed by atoms with van der Waals surface area (Å²) in [5.74, 6) is 1.44. The highest BCUT2D eigenvalue weighted by Crippen LogP contribution is 2.30. The zero-order chi connectivity index (χ0) is 17.8. The van der Waals surface area contributed by atoms with Crippen LogP contribution in [0, 0.1) is 0 Å². The fraction of sp³-hybridized carbons (Fsp3) is 0.190. The molecule has 5 nitrogen and oxygen atoms in total. The summed E-state index contributed by atoms with van der Waals surface area (Å²) in [6.07, 6.45) is 4.15. The SMILES string of the molecule is O=C(Cc1ccc(-n2cccc2)cc1)NC[C@H]1COc2ccccc2O1. The van der Waals surface area contributed by atoms with Crippen molar-refractivity contribution in [2.24, 2.45) is 0 Å². The van der Waals surface area contributed by atoms with E-state index in [-0.39, 0.29) is 12.0 Å². The van der Waals surface area contributed by atoms with Gasteiger partial charge in [-0.05, 0) is 42.0 Å². The van der Waals surface area contributed by atoms with Crippen molar-refractivity contribution in [3.05, 3.63) is 78.6 Å². The molecule has 1 N–H and O–H groups in total. The van der Waals surface area contributed by atoms with Crippen LogP contribution in [0.2, 0.25) is 0 Å². The molecule has 1 aromatic heterocycles. The van der Waals surface area contributed by atoms with Crippen molar-refractivity contribution in [3.8, 4) is 17.2 Å². The number of amides is 1. The van der Waals surface area contributed by atoms with Gasteiger partial charge in [-0.15, -0.1) is 0 Å². The number of nitrogens with zero attached hydrogens (tertiary/aromatic N) is 1. The number of hydrogen-bond acceptors (Lipinski definition) is 3. The Balaban J connectivity index is 1.28. The highest BCUT2D eigenvalue weighted by Gasteiger charge is 2.20. The third-order valence-electron chi connectivity index (χ3n) is 4.30. The number of para-hydroxylation sites is 2. The monoisotopic (exact) mass is 348 g/mol. The molecule has 0 bridgehead atoms. The minimum Gasteiger partial charge on any atom is -0.486 e. The van der Waals surface area contributed by atoms with Crippen molar-refractivity contribution < 1.29 is 14.3 Å². The van der Waals surface area contributed by atoms with Gasteiger partial charge in [0.25, 0.3) is 0 Å². The Hall–Kier alpha value is -3.21. The summed E-state index contributed by atoms with van der Waals surface area (Å²) in [6.45, 7) is 0.859. The van der Waals surface area contributed by atoms with Gasteiger partial charge in [0.15, 0.2) is 11.5 Å². The lowest BCUT2D eigenvalue weighted by molar-refractivity contribution is -0.120. The molecule has 0 saturated carbocycles. The molecule has 3 aromatic rings. The molecule has 1 aliphatic rings. The fourth-order valence-corrected chi connectivity index (χ4v) is 2.93. The smallest absolute Gasteiger partial charge is 0.224 e. The average Bonchev–Trinajstić information content (AvgIpc) is 3.22. The molecule has 0 aliphatic carbocycles. The molecular weight excluding hydrogens is 328 g/mol. The Kier molecular flexibility index (Phi) is 4.60. The van der Waals surface area contributed by atoms with E-state index in [0.29, 0.717) is 19.6 Å². The number of carbonyl (C=O) groups is 1. The Morgan fingerprint density at radius 3 is 2.50 bits per heavy atom. The number of nitrogens with one attached hydrogen (secondary N) is 1. The average molecular weight is 348 g/mol. The second kappa shape index (κ2) is 7.35. The second-order valence-electron chi connectivity index (χ2n) is 6.24. The molecule has 4 rings (SSSR count). The van der Waals surface area contributed by atoms with Crippen molar-refractivity contribution in [2.45, 2.75) is 12.5 Å². The van der Waals surface area contributed by atoms with Crippen LogP contribution >= 0.6 is 0 Å². The fourth-order valence-electron chi connectivity index (χ4n) is 2.93. The number of hydrogen-bond donors (Lipinski definition) is 1. The maximum Gasteiger partial charge on any atom is 0.224 e. The zero-order valence-electron chi connectivity index (χ0n) is 14.3. The number of benzene rings is 2. The van der Waals surface area contributed by atoms with Gasteiger partial charge in [0.05, 0.1) is 13.0 Å². The summed E-state index contributed by atoms with van der Waals surface area (Å²) < 4.78 is 13.5. The second-order valence-corrected chi connectivity index (χ2v) is 6.24. The number of ether oxygens (including phenoxy) is 2. The van der Waals surface area contributed by atoms with E-state index in [1.165, 1.54) is 0 Å². The number of rotatable bonds is 5. The number of fused-ring (bicyclic) bond motifs is 1. The third-order valence-corrected chi connectivity index (χ3v) is 4.30. The molecule has 0 unspecified atom stereocenters. The van der Waals surface area contributed by atoms with E-state index in [1.54, 1.807) is 0 Å². The topological polar surface area (TPSA) is 52.5 Å². The largest absolute Gasteiger partial charge is 0.486 e. The molecule has 132 valence electrons. The Morgan fingerprint density at radius 1 is 1.00 bits per heavy atom. The van der Waals surface area contributed by atoms with Crippen LogP contribution in [0.1, 0.15) is 5.56 Å². The Bertz CT molecular complexity index is 873. The van der Waals surface area contributed by atoms with Gasteiger partial charge >= 0.3 is 0 Å². The lowest BCUT2D eigenvalue weighted by atomic mass is 10.1. The normalized spacial score (nSPS) is 15.5. The molecule has 1 atom stereocenters. The van der Waals surface area contributed by atoms with Crippen molar-refractivity contribution in [2.75, 3.05) is 13.2 Å². The number of carbonyl (C=O) groups excluding carboxylic acids is 1. The number of aromatic nitrogens is 1. The zero-order valence-corrected chi connectivity index (χ0v) is 14.3. The van der Waals surface area contributed by atoms with Crippen LogP contribution in [0.25, 0.3) is 5.69 Å². The molecule has 26 heavy (non-hydrogen) atoms. The summed E-state index contributed by atoms with van der Waals surface area (Å²) in [7, 11) is 0. The first kappa shape index (κ1) is 16.3. The van der Waals surface area contributed by atoms with E-state index >= 15 is 0 Å². The van der Waals surface area contributed by atoms with Gasteiger partial charge in [-0.25, -0.2) is 0 Å². The minimum atomic E-state index is -0.176. The van der Waals surface area contributed by atoms with Gasteiger partial charge in [-0.1, -0.05) is 24.3 Å². The molecular formula is C21H20N2O3. The maximum atomic E-state index is 12.2. The van der Waals surface area contributed by atoms with Gasteiger partial charge in [0.1, 0.15) is 12.7 Å². The van der Waals surface area contributed by atoms with E-state index < -0.39 is 0 Å². The van der Waals surface area contributed by atoms with E-state index in [1.807, 2.05) is 77.6 Å². The minimum absolute atomic E-state index is 0.0267. The molecule has 2 aromatic carbocycles. The van der Waals surface area contributed by atoms with Gasteiger partial charge in [-0.3, -0.25) is 4.79 Å². The summed E-state index contributed by atoms with van der Waals surface area (Å²) in [5, 5.41) is 2.92. The first-order chi connectivity index (χ1) is 12.8. The molecule has 0 fully saturated rings. The predicted octanol–water partition coefficient (Wildman–Crippen LogP) is 2.98. The standard InChI is InChI=1S/C21H20N2O3/c24-21(13-16-7-9-17(10-8-16)23-11-3-4-12-23)22-14-18-15-25-19-5-1-2-6-20(19)26-18/h1-12,18H,13-15H2,(H,22,24)/t18-/m0/s1. The molecule has 0 radical (unpaired) electrons. The molecule has 0 spiro atoms. The van der Waals surface area contributed by atoms with Crippen LogP contribution in [0.5, 0.6) is 11.5 Å². The van der Waals surface area contributed by atoms with Crippen molar-refractivity contribution in [1.29, 1.82) is 0 Å². The summed E-state index contributed by atoms with van der Waals surface area (Å²) in [4.78, 5) is 12.2. The summed E-state index contributed by atoms with van der Waals surface area (Å²) in [6, 6.07) is 19.5. The van der Waals surface area contributed by atoms with E-state index in [4.69, 9.17) is 9.47 Å². The van der Waals surface area contributed by atoms with E-state index in [0.717, 1.165) is 22.7 Å². The Labute approximate surface area is 152 Å². The highest BCUT2D eigenvalue weighted by molar-refractivity contribution is 5.78. The lowest BCUT2D eigenvalue weighted by Crippen LogP contribution is -2.41. The van der Waals surface area contributed by atoms with Crippen LogP contribution in [0.3, 0.4) is 0 Å². The van der Waals surface area contributed by atoms with Gasteiger partial charge in [-0.2, -0.15) is 0 Å². The first-order valence-electron chi connectivity index (χ1n) is 8.65. The molecule has 5 heteroatoms. The van der Waals surface area contributed by atoms with Crippen LogP contribution < -0.4 is 14.8 Å². The van der Waals surface area contributed by atoms with E-state index in [9.17, 15) is 4.79 Å². The van der Waals surface area contributed by atoms with Crippen LogP contribution in [-0.4, -0.2) is 29.7 Å². The lowest BCUT2D eigenvalue weighted by Gasteiger charge is -2.26. The summed E-state index contributed by atoms with van der Waals surface area (Å²) in [5.41, 5.74) is 2.05. The van der Waals surface area contributed by atoms with Crippen molar-refractivity contribution in [3.63, 3.8) is 0 Å².